The van der Waals surface area contributed by atoms with E-state index >= 15 is 0 Å². The number of nitrogens with one attached hydrogen (secondary N) is 1. The van der Waals surface area contributed by atoms with Gasteiger partial charge in [0.1, 0.15) is 11.8 Å². The highest BCUT2D eigenvalue weighted by atomic mass is 16.5. The summed E-state index contributed by atoms with van der Waals surface area (Å²) >= 11 is 0. The fourth-order valence-electron chi connectivity index (χ4n) is 5.48. The SMILES string of the molecule is Cc1ccc2[nH]c(=O)c([C@H](c3nnnn3C[C@H]3CCCO3)N(Cc3ccco3)C[C@H]3CCCO3)cc2c1. The van der Waals surface area contributed by atoms with E-state index in [1.54, 1.807) is 10.9 Å². The molecule has 2 aliphatic heterocycles. The Morgan fingerprint density at radius 3 is 2.73 bits per heavy atom. The second-order valence-corrected chi connectivity index (χ2v) is 10.0. The zero-order chi connectivity index (χ0) is 25.2. The quantitative estimate of drug-likeness (QED) is 0.369. The van der Waals surface area contributed by atoms with Gasteiger partial charge in [-0.15, -0.1) is 5.10 Å². The molecule has 6 rings (SSSR count). The monoisotopic (exact) mass is 504 g/mol. The predicted molar refractivity (Wildman–Crippen MR) is 136 cm³/mol. The van der Waals surface area contributed by atoms with Gasteiger partial charge in [0.2, 0.25) is 0 Å². The molecule has 0 spiro atoms. The second-order valence-electron chi connectivity index (χ2n) is 10.0. The molecule has 10 heteroatoms. The normalized spacial score (nSPS) is 20.8. The minimum Gasteiger partial charge on any atom is -0.468 e. The van der Waals surface area contributed by atoms with Crippen LogP contribution in [0, 0.1) is 6.92 Å². The molecule has 2 aliphatic rings. The van der Waals surface area contributed by atoms with E-state index < -0.39 is 6.04 Å². The van der Waals surface area contributed by atoms with Crippen molar-refractivity contribution in [2.24, 2.45) is 0 Å². The molecule has 0 aliphatic carbocycles. The molecule has 37 heavy (non-hydrogen) atoms. The Balaban J connectivity index is 1.47. The molecule has 0 amide bonds. The van der Waals surface area contributed by atoms with E-state index in [0.29, 0.717) is 31.0 Å². The number of furan rings is 1. The number of fused-ring (bicyclic) bond motifs is 1. The van der Waals surface area contributed by atoms with Crippen molar-refractivity contribution < 1.29 is 13.9 Å². The van der Waals surface area contributed by atoms with Gasteiger partial charge in [0, 0.05) is 30.8 Å². The summed E-state index contributed by atoms with van der Waals surface area (Å²) in [6.07, 6.45) is 5.76. The summed E-state index contributed by atoms with van der Waals surface area (Å²) in [6.45, 7) is 5.18. The third-order valence-electron chi connectivity index (χ3n) is 7.29. The molecule has 2 saturated heterocycles. The van der Waals surface area contributed by atoms with Crippen LogP contribution >= 0.6 is 0 Å². The molecule has 3 atom stereocenters. The zero-order valence-corrected chi connectivity index (χ0v) is 21.0. The Labute approximate surface area is 214 Å². The average Bonchev–Trinajstić information content (AvgIpc) is 3.70. The molecule has 0 saturated carbocycles. The summed E-state index contributed by atoms with van der Waals surface area (Å²) in [7, 11) is 0. The molecule has 0 bridgehead atoms. The molecule has 5 heterocycles. The van der Waals surface area contributed by atoms with Gasteiger partial charge >= 0.3 is 0 Å². The van der Waals surface area contributed by atoms with Crippen LogP contribution in [-0.4, -0.2) is 62.1 Å². The van der Waals surface area contributed by atoms with E-state index in [2.05, 4.69) is 31.5 Å². The van der Waals surface area contributed by atoms with Crippen molar-refractivity contribution in [3.8, 4) is 0 Å². The number of H-pyrrole nitrogens is 1. The lowest BCUT2D eigenvalue weighted by Crippen LogP contribution is -2.39. The number of ether oxygens (including phenoxy) is 2. The molecule has 194 valence electrons. The fraction of sp³-hybridized carbons (Fsp3) is 0.481. The number of pyridine rings is 1. The molecule has 10 nitrogen and oxygen atoms in total. The molecule has 1 aromatic carbocycles. The van der Waals surface area contributed by atoms with E-state index in [0.717, 1.165) is 61.1 Å². The van der Waals surface area contributed by atoms with Crippen molar-refractivity contribution in [2.75, 3.05) is 19.8 Å². The number of tetrazole rings is 1. The van der Waals surface area contributed by atoms with Crippen LogP contribution in [0.25, 0.3) is 10.9 Å². The highest BCUT2D eigenvalue weighted by molar-refractivity contribution is 5.79. The Bertz CT molecular complexity index is 1390. The van der Waals surface area contributed by atoms with E-state index in [4.69, 9.17) is 13.9 Å². The Morgan fingerprint density at radius 2 is 1.97 bits per heavy atom. The highest BCUT2D eigenvalue weighted by Gasteiger charge is 2.34. The van der Waals surface area contributed by atoms with Crippen LogP contribution in [-0.2, 0) is 22.6 Å². The van der Waals surface area contributed by atoms with Gasteiger partial charge in [-0.05, 0) is 78.8 Å². The standard InChI is InChI=1S/C27H32N6O4/c1-18-8-9-24-19(13-18)14-23(27(34)28-24)25(26-29-30-31-33(26)17-22-7-4-12-37-22)32(15-20-5-2-10-35-20)16-21-6-3-11-36-21/h2,5,8-10,13-14,21-22,25H,3-4,6-7,11-12,15-17H2,1H3,(H,28,34)/t21-,22-,25-/m1/s1. The molecular formula is C27H32N6O4. The van der Waals surface area contributed by atoms with Gasteiger partial charge in [-0.1, -0.05) is 11.6 Å². The predicted octanol–water partition coefficient (Wildman–Crippen LogP) is 3.37. The number of rotatable bonds is 9. The first-order valence-corrected chi connectivity index (χ1v) is 13.0. The lowest BCUT2D eigenvalue weighted by atomic mass is 10.0. The van der Waals surface area contributed by atoms with Crippen molar-refractivity contribution in [1.29, 1.82) is 0 Å². The summed E-state index contributed by atoms with van der Waals surface area (Å²) in [6, 6.07) is 11.3. The van der Waals surface area contributed by atoms with E-state index in [-0.39, 0.29) is 17.8 Å². The van der Waals surface area contributed by atoms with Crippen molar-refractivity contribution in [3.05, 3.63) is 75.7 Å². The van der Waals surface area contributed by atoms with Gasteiger partial charge in [0.15, 0.2) is 5.82 Å². The molecule has 2 fully saturated rings. The zero-order valence-electron chi connectivity index (χ0n) is 21.0. The van der Waals surface area contributed by atoms with E-state index in [9.17, 15) is 4.79 Å². The van der Waals surface area contributed by atoms with Gasteiger partial charge in [-0.25, -0.2) is 4.68 Å². The lowest BCUT2D eigenvalue weighted by Gasteiger charge is -2.32. The largest absolute Gasteiger partial charge is 0.468 e. The third kappa shape index (κ3) is 5.22. The Hall–Kier alpha value is -3.34. The van der Waals surface area contributed by atoms with Crippen LogP contribution < -0.4 is 5.56 Å². The minimum absolute atomic E-state index is 0.0529. The van der Waals surface area contributed by atoms with Crippen LogP contribution in [0.1, 0.15) is 54.4 Å². The van der Waals surface area contributed by atoms with Gasteiger partial charge in [0.25, 0.3) is 5.56 Å². The number of hydrogen-bond acceptors (Lipinski definition) is 8. The summed E-state index contributed by atoms with van der Waals surface area (Å²) in [5, 5.41) is 13.8. The van der Waals surface area contributed by atoms with Gasteiger partial charge < -0.3 is 18.9 Å². The highest BCUT2D eigenvalue weighted by Crippen LogP contribution is 2.31. The topological polar surface area (TPSA) is 111 Å². The smallest absolute Gasteiger partial charge is 0.253 e. The van der Waals surface area contributed by atoms with E-state index in [1.165, 1.54) is 0 Å². The maximum atomic E-state index is 13.6. The van der Waals surface area contributed by atoms with Crippen molar-refractivity contribution >= 4 is 10.9 Å². The number of aromatic amines is 1. The van der Waals surface area contributed by atoms with E-state index in [1.807, 2.05) is 37.3 Å². The lowest BCUT2D eigenvalue weighted by molar-refractivity contribution is 0.0528. The summed E-state index contributed by atoms with van der Waals surface area (Å²) in [4.78, 5) is 18.9. The first kappa shape index (κ1) is 24.0. The van der Waals surface area contributed by atoms with Gasteiger partial charge in [-0.2, -0.15) is 0 Å². The maximum absolute atomic E-state index is 13.6. The number of benzene rings is 1. The molecule has 3 aromatic heterocycles. The number of nitrogens with zero attached hydrogens (tertiary/aromatic N) is 5. The number of aromatic nitrogens is 5. The first-order valence-electron chi connectivity index (χ1n) is 13.0. The first-order chi connectivity index (χ1) is 18.1. The van der Waals surface area contributed by atoms with Crippen molar-refractivity contribution in [1.82, 2.24) is 30.1 Å². The van der Waals surface area contributed by atoms with Crippen LogP contribution in [0.2, 0.25) is 0 Å². The van der Waals surface area contributed by atoms with Gasteiger partial charge in [-0.3, -0.25) is 9.69 Å². The Kier molecular flexibility index (Phi) is 6.86. The van der Waals surface area contributed by atoms with Crippen molar-refractivity contribution in [2.45, 2.75) is 63.9 Å². The third-order valence-corrected chi connectivity index (χ3v) is 7.29. The minimum atomic E-state index is -0.514. The average molecular weight is 505 g/mol. The van der Waals surface area contributed by atoms with Crippen LogP contribution in [0.3, 0.4) is 0 Å². The molecule has 0 radical (unpaired) electrons. The molecule has 0 unspecified atom stereocenters. The molecule has 4 aromatic rings. The molecular weight excluding hydrogens is 472 g/mol. The molecule has 1 N–H and O–H groups in total. The van der Waals surface area contributed by atoms with Crippen LogP contribution in [0.4, 0.5) is 0 Å². The summed E-state index contributed by atoms with van der Waals surface area (Å²) < 4.78 is 19.4. The summed E-state index contributed by atoms with van der Waals surface area (Å²) in [5.74, 6) is 1.41. The van der Waals surface area contributed by atoms with Crippen molar-refractivity contribution in [3.63, 3.8) is 0 Å². The second kappa shape index (κ2) is 10.6. The summed E-state index contributed by atoms with van der Waals surface area (Å²) in [5.41, 5.74) is 2.35. The van der Waals surface area contributed by atoms with Crippen LogP contribution in [0.5, 0.6) is 0 Å². The number of hydrogen-bond donors (Lipinski definition) is 1. The maximum Gasteiger partial charge on any atom is 0.253 e. The van der Waals surface area contributed by atoms with Crippen LogP contribution in [0.15, 0.2) is 51.9 Å². The van der Waals surface area contributed by atoms with Gasteiger partial charge in [0.05, 0.1) is 31.6 Å². The number of aryl methyl sites for hydroxylation is 1. The fourth-order valence-corrected chi connectivity index (χ4v) is 5.48. The Morgan fingerprint density at radius 1 is 1.14 bits per heavy atom.